The number of aliphatic hydroxyl groups is 1. The highest BCUT2D eigenvalue weighted by Crippen LogP contribution is 2.26. The molecule has 0 radical (unpaired) electrons. The second-order valence-corrected chi connectivity index (χ2v) is 7.22. The van der Waals surface area contributed by atoms with Gasteiger partial charge in [0.05, 0.1) is 13.2 Å². The van der Waals surface area contributed by atoms with E-state index < -0.39 is 6.11 Å². The van der Waals surface area contributed by atoms with Gasteiger partial charge in [-0.2, -0.15) is 13.8 Å². The lowest BCUT2D eigenvalue weighted by Crippen LogP contribution is -2.18. The van der Waals surface area contributed by atoms with E-state index in [9.17, 15) is 8.78 Å². The summed E-state index contributed by atoms with van der Waals surface area (Å²) in [6.45, 7) is 3.08. The lowest BCUT2D eigenvalue weighted by molar-refractivity contribution is -0.158. The summed E-state index contributed by atoms with van der Waals surface area (Å²) in [5.74, 6) is 1.99. The molecule has 0 spiro atoms. The molecule has 172 valence electrons. The summed E-state index contributed by atoms with van der Waals surface area (Å²) in [5, 5.41) is 17.3. The molecule has 0 unspecified atom stereocenters. The standard InChI is InChI=1S/C22H21F2N5O4/c1-14-25-20(27-29(14)13-15-4-3-5-18(12-15)31-11-10-30)21-26-19(28-33-21)16-6-8-17(9-7-16)32-22(2,23)24/h3-9,12,30H,10-11,13H2,1-2H3. The Morgan fingerprint density at radius 1 is 1.06 bits per heavy atom. The molecule has 2 aromatic carbocycles. The van der Waals surface area contributed by atoms with Crippen molar-refractivity contribution in [2.24, 2.45) is 0 Å². The molecule has 4 rings (SSSR count). The van der Waals surface area contributed by atoms with Gasteiger partial charge in [-0.3, -0.25) is 0 Å². The highest BCUT2D eigenvalue weighted by atomic mass is 19.3. The van der Waals surface area contributed by atoms with Gasteiger partial charge in [-0.05, 0) is 48.9 Å². The number of ether oxygens (including phenoxy) is 2. The van der Waals surface area contributed by atoms with Crippen molar-refractivity contribution in [3.8, 4) is 34.6 Å². The largest absolute Gasteiger partial charge is 0.491 e. The Morgan fingerprint density at radius 2 is 1.85 bits per heavy atom. The van der Waals surface area contributed by atoms with Gasteiger partial charge in [0.25, 0.3) is 5.89 Å². The van der Waals surface area contributed by atoms with Crippen LogP contribution < -0.4 is 9.47 Å². The zero-order chi connectivity index (χ0) is 23.4. The molecule has 33 heavy (non-hydrogen) atoms. The molecular formula is C22H21F2N5O4. The van der Waals surface area contributed by atoms with Crippen molar-refractivity contribution in [2.75, 3.05) is 13.2 Å². The van der Waals surface area contributed by atoms with Gasteiger partial charge in [0, 0.05) is 12.5 Å². The second kappa shape index (κ2) is 9.33. The average Bonchev–Trinajstić information content (AvgIpc) is 3.39. The first kappa shape index (κ1) is 22.3. The van der Waals surface area contributed by atoms with Gasteiger partial charge in [-0.15, -0.1) is 5.10 Å². The maximum atomic E-state index is 13.0. The third kappa shape index (κ3) is 5.69. The lowest BCUT2D eigenvalue weighted by Gasteiger charge is -2.12. The molecule has 0 saturated heterocycles. The quantitative estimate of drug-likeness (QED) is 0.405. The highest BCUT2D eigenvalue weighted by Gasteiger charge is 2.23. The molecule has 0 aliphatic heterocycles. The van der Waals surface area contributed by atoms with Crippen molar-refractivity contribution in [1.29, 1.82) is 0 Å². The maximum Gasteiger partial charge on any atom is 0.394 e. The van der Waals surface area contributed by atoms with Crippen LogP contribution in [0.5, 0.6) is 11.5 Å². The van der Waals surface area contributed by atoms with E-state index in [2.05, 4.69) is 25.0 Å². The van der Waals surface area contributed by atoms with Gasteiger partial charge in [-0.1, -0.05) is 17.3 Å². The van der Waals surface area contributed by atoms with Crippen LogP contribution in [0.25, 0.3) is 23.1 Å². The zero-order valence-electron chi connectivity index (χ0n) is 17.9. The van der Waals surface area contributed by atoms with Crippen molar-refractivity contribution < 1.29 is 27.9 Å². The number of hydrogen-bond acceptors (Lipinski definition) is 8. The Morgan fingerprint density at radius 3 is 2.58 bits per heavy atom. The van der Waals surface area contributed by atoms with Gasteiger partial charge in [0.15, 0.2) is 0 Å². The minimum Gasteiger partial charge on any atom is -0.491 e. The summed E-state index contributed by atoms with van der Waals surface area (Å²) in [5.41, 5.74) is 1.50. The molecule has 0 atom stereocenters. The maximum absolute atomic E-state index is 13.0. The first-order chi connectivity index (χ1) is 15.8. The van der Waals surface area contributed by atoms with Crippen LogP contribution in [-0.4, -0.2) is 49.3 Å². The number of aliphatic hydroxyl groups excluding tert-OH is 1. The molecule has 0 saturated carbocycles. The fraction of sp³-hybridized carbons (Fsp3) is 0.273. The van der Waals surface area contributed by atoms with E-state index in [1.807, 2.05) is 31.2 Å². The van der Waals surface area contributed by atoms with E-state index in [0.717, 1.165) is 5.56 Å². The number of hydrogen-bond donors (Lipinski definition) is 1. The number of aromatic nitrogens is 5. The number of alkyl halides is 2. The Kier molecular flexibility index (Phi) is 6.31. The predicted molar refractivity (Wildman–Crippen MR) is 113 cm³/mol. The van der Waals surface area contributed by atoms with Gasteiger partial charge < -0.3 is 19.1 Å². The predicted octanol–water partition coefficient (Wildman–Crippen LogP) is 3.71. The van der Waals surface area contributed by atoms with Gasteiger partial charge in [0.2, 0.25) is 11.6 Å². The fourth-order valence-corrected chi connectivity index (χ4v) is 3.04. The summed E-state index contributed by atoms with van der Waals surface area (Å²) in [4.78, 5) is 8.71. The van der Waals surface area contributed by atoms with E-state index in [1.54, 1.807) is 16.8 Å². The normalized spacial score (nSPS) is 11.5. The molecule has 0 aliphatic rings. The minimum atomic E-state index is -3.27. The molecule has 1 N–H and O–H groups in total. The topological polar surface area (TPSA) is 108 Å². The highest BCUT2D eigenvalue weighted by molar-refractivity contribution is 5.57. The minimum absolute atomic E-state index is 0.0248. The van der Waals surface area contributed by atoms with Crippen molar-refractivity contribution in [3.05, 3.63) is 59.9 Å². The lowest BCUT2D eigenvalue weighted by atomic mass is 10.2. The monoisotopic (exact) mass is 457 g/mol. The average molecular weight is 457 g/mol. The summed E-state index contributed by atoms with van der Waals surface area (Å²) >= 11 is 0. The van der Waals surface area contributed by atoms with Crippen molar-refractivity contribution in [2.45, 2.75) is 26.5 Å². The van der Waals surface area contributed by atoms with Crippen LogP contribution in [0.1, 0.15) is 18.3 Å². The summed E-state index contributed by atoms with van der Waals surface area (Å²) in [6.07, 6.45) is -3.27. The number of benzene rings is 2. The molecule has 0 amide bonds. The third-order valence-electron chi connectivity index (χ3n) is 4.47. The number of halogens is 2. The molecule has 0 fully saturated rings. The molecule has 0 aliphatic carbocycles. The summed E-state index contributed by atoms with van der Waals surface area (Å²) < 4.78 is 42.9. The van der Waals surface area contributed by atoms with Crippen molar-refractivity contribution >= 4 is 0 Å². The third-order valence-corrected chi connectivity index (χ3v) is 4.47. The van der Waals surface area contributed by atoms with E-state index >= 15 is 0 Å². The molecule has 9 nitrogen and oxygen atoms in total. The van der Waals surface area contributed by atoms with Crippen LogP contribution in [0.3, 0.4) is 0 Å². The van der Waals surface area contributed by atoms with Crippen molar-refractivity contribution in [1.82, 2.24) is 24.9 Å². The van der Waals surface area contributed by atoms with Gasteiger partial charge >= 0.3 is 6.11 Å². The molecule has 4 aromatic rings. The van der Waals surface area contributed by atoms with Crippen LogP contribution in [0.2, 0.25) is 0 Å². The Bertz CT molecular complexity index is 1220. The second-order valence-electron chi connectivity index (χ2n) is 7.22. The van der Waals surface area contributed by atoms with Crippen LogP contribution >= 0.6 is 0 Å². The molecule has 0 bridgehead atoms. The fourth-order valence-electron chi connectivity index (χ4n) is 3.04. The Balaban J connectivity index is 1.49. The van der Waals surface area contributed by atoms with Gasteiger partial charge in [0.1, 0.15) is 23.9 Å². The first-order valence-corrected chi connectivity index (χ1v) is 10.1. The van der Waals surface area contributed by atoms with Crippen LogP contribution in [0.15, 0.2) is 53.1 Å². The summed E-state index contributed by atoms with van der Waals surface area (Å²) in [6, 6.07) is 13.4. The number of rotatable bonds is 9. The van der Waals surface area contributed by atoms with Crippen LogP contribution in [-0.2, 0) is 6.54 Å². The van der Waals surface area contributed by atoms with E-state index in [4.69, 9.17) is 14.4 Å². The number of aryl methyl sites for hydroxylation is 1. The van der Waals surface area contributed by atoms with Crippen LogP contribution in [0, 0.1) is 6.92 Å². The first-order valence-electron chi connectivity index (χ1n) is 10.1. The molecule has 2 aromatic heterocycles. The zero-order valence-corrected chi connectivity index (χ0v) is 17.9. The van der Waals surface area contributed by atoms with E-state index in [-0.39, 0.29) is 36.5 Å². The Labute approximate surface area is 187 Å². The summed E-state index contributed by atoms with van der Waals surface area (Å²) in [7, 11) is 0. The number of nitrogens with zero attached hydrogens (tertiary/aromatic N) is 5. The molecular weight excluding hydrogens is 436 g/mol. The van der Waals surface area contributed by atoms with E-state index in [1.165, 1.54) is 12.1 Å². The molecule has 11 heteroatoms. The SMILES string of the molecule is Cc1nc(-c2nc(-c3ccc(OC(C)(F)F)cc3)no2)nn1Cc1cccc(OCCO)c1. The van der Waals surface area contributed by atoms with Gasteiger partial charge in [-0.25, -0.2) is 9.67 Å². The van der Waals surface area contributed by atoms with E-state index in [0.29, 0.717) is 30.6 Å². The Hall–Kier alpha value is -3.86. The smallest absolute Gasteiger partial charge is 0.394 e. The van der Waals surface area contributed by atoms with Crippen molar-refractivity contribution in [3.63, 3.8) is 0 Å². The van der Waals surface area contributed by atoms with Crippen LogP contribution in [0.4, 0.5) is 8.78 Å². The molecule has 2 heterocycles.